The van der Waals surface area contributed by atoms with Crippen molar-refractivity contribution in [2.45, 2.75) is 89.2 Å². The molecule has 0 saturated heterocycles. The van der Waals surface area contributed by atoms with Crippen LogP contribution in [-0.2, 0) is 19.2 Å². The van der Waals surface area contributed by atoms with Gasteiger partial charge in [0.2, 0.25) is 0 Å². The van der Waals surface area contributed by atoms with Gasteiger partial charge in [0.1, 0.15) is 5.78 Å². The standard InChI is InChI=1S/C30H37NO6S2/c1-5-7-8-10-20(6-2)38-24-14-13-23-26-21(24)11-9-12-22(26)27(33)31(28(23)34)37-39(35,36)18-30-16-15-19(17-25(30)32)29(30,3)4/h9,11-14,19-20H,5-8,10,15-18H2,1-4H3. The molecule has 2 saturated carbocycles. The summed E-state index contributed by atoms with van der Waals surface area (Å²) in [5.41, 5.74) is -1.09. The van der Waals surface area contributed by atoms with E-state index in [4.69, 9.17) is 4.28 Å². The van der Waals surface area contributed by atoms with Crippen LogP contribution in [0.1, 0.15) is 99.8 Å². The fraction of sp³-hybridized carbons (Fsp3) is 0.567. The van der Waals surface area contributed by atoms with Crippen molar-refractivity contribution in [3.63, 3.8) is 0 Å². The zero-order chi connectivity index (χ0) is 28.2. The highest BCUT2D eigenvalue weighted by molar-refractivity contribution is 8.00. The normalized spacial score (nSPS) is 24.7. The number of hydroxylamine groups is 2. The number of ketones is 1. The summed E-state index contributed by atoms with van der Waals surface area (Å²) in [6.45, 7) is 8.22. The fourth-order valence-corrected chi connectivity index (χ4v) is 9.87. The van der Waals surface area contributed by atoms with Crippen LogP contribution in [0.15, 0.2) is 35.2 Å². The molecule has 0 radical (unpaired) electrons. The topological polar surface area (TPSA) is 97.8 Å². The predicted molar refractivity (Wildman–Crippen MR) is 152 cm³/mol. The molecule has 2 aromatic rings. The molecular formula is C30H37NO6S2. The maximum Gasteiger partial charge on any atom is 0.289 e. The van der Waals surface area contributed by atoms with Crippen molar-refractivity contribution >= 4 is 50.3 Å². The molecule has 0 N–H and O–H groups in total. The molecule has 2 amide bonds. The van der Waals surface area contributed by atoms with Crippen LogP contribution in [0.5, 0.6) is 0 Å². The van der Waals surface area contributed by atoms with Crippen LogP contribution in [0.4, 0.5) is 0 Å². The molecule has 39 heavy (non-hydrogen) atoms. The SMILES string of the molecule is CCCCCC(CC)Sc1ccc2c3c(cccc13)C(=O)N(OS(=O)(=O)CC13CCC(CC1=O)C3(C)C)C2=O. The third-order valence-electron chi connectivity index (χ3n) is 9.46. The van der Waals surface area contributed by atoms with Crippen molar-refractivity contribution in [3.05, 3.63) is 41.5 Å². The Hall–Kier alpha value is -2.23. The van der Waals surface area contributed by atoms with E-state index in [0.717, 1.165) is 42.4 Å². The number of hydrogen-bond acceptors (Lipinski definition) is 7. The van der Waals surface area contributed by atoms with Gasteiger partial charge in [0.25, 0.3) is 21.9 Å². The number of thioether (sulfide) groups is 1. The molecule has 9 heteroatoms. The first-order valence-electron chi connectivity index (χ1n) is 14.0. The lowest BCUT2D eigenvalue weighted by Crippen LogP contribution is -2.46. The van der Waals surface area contributed by atoms with Gasteiger partial charge in [-0.2, -0.15) is 8.42 Å². The molecule has 3 unspecified atom stereocenters. The van der Waals surface area contributed by atoms with Crippen LogP contribution in [0.3, 0.4) is 0 Å². The Morgan fingerprint density at radius 1 is 1.05 bits per heavy atom. The second-order valence-electron chi connectivity index (χ2n) is 11.8. The van der Waals surface area contributed by atoms with Gasteiger partial charge in [0, 0.05) is 22.0 Å². The number of benzene rings is 2. The van der Waals surface area contributed by atoms with E-state index in [1.54, 1.807) is 30.0 Å². The van der Waals surface area contributed by atoms with Crippen LogP contribution in [0, 0.1) is 16.7 Å². The van der Waals surface area contributed by atoms with Crippen molar-refractivity contribution in [1.82, 2.24) is 5.06 Å². The van der Waals surface area contributed by atoms with Crippen molar-refractivity contribution in [2.75, 3.05) is 5.75 Å². The lowest BCUT2D eigenvalue weighted by molar-refractivity contribution is -0.128. The van der Waals surface area contributed by atoms with Gasteiger partial charge in [-0.05, 0) is 60.6 Å². The van der Waals surface area contributed by atoms with E-state index in [-0.39, 0.29) is 22.8 Å². The predicted octanol–water partition coefficient (Wildman–Crippen LogP) is 6.54. The summed E-state index contributed by atoms with van der Waals surface area (Å²) >= 11 is 1.76. The van der Waals surface area contributed by atoms with Gasteiger partial charge in [-0.3, -0.25) is 14.4 Å². The summed E-state index contributed by atoms with van der Waals surface area (Å²) in [5, 5.41) is 2.13. The van der Waals surface area contributed by atoms with E-state index in [9.17, 15) is 22.8 Å². The first-order chi connectivity index (χ1) is 18.5. The molecule has 5 rings (SSSR count). The largest absolute Gasteiger partial charge is 0.299 e. The molecule has 2 aliphatic carbocycles. The zero-order valence-electron chi connectivity index (χ0n) is 23.1. The lowest BCUT2D eigenvalue weighted by Gasteiger charge is -2.36. The van der Waals surface area contributed by atoms with Crippen molar-refractivity contribution in [3.8, 4) is 0 Å². The fourth-order valence-electron chi connectivity index (χ4n) is 6.92. The summed E-state index contributed by atoms with van der Waals surface area (Å²) in [6.07, 6.45) is 7.22. The molecule has 2 bridgehead atoms. The van der Waals surface area contributed by atoms with Crippen LogP contribution >= 0.6 is 11.8 Å². The lowest BCUT2D eigenvalue weighted by atomic mass is 9.70. The van der Waals surface area contributed by atoms with E-state index in [1.165, 1.54) is 6.42 Å². The van der Waals surface area contributed by atoms with Gasteiger partial charge in [-0.15, -0.1) is 21.1 Å². The highest BCUT2D eigenvalue weighted by Gasteiger charge is 2.65. The maximum absolute atomic E-state index is 13.5. The molecule has 210 valence electrons. The molecule has 0 spiro atoms. The van der Waals surface area contributed by atoms with E-state index >= 15 is 0 Å². The molecule has 2 aromatic carbocycles. The zero-order valence-corrected chi connectivity index (χ0v) is 24.8. The Kier molecular flexibility index (Phi) is 7.48. The van der Waals surface area contributed by atoms with Gasteiger partial charge < -0.3 is 0 Å². The third-order valence-corrected chi connectivity index (χ3v) is 12.2. The highest BCUT2D eigenvalue weighted by atomic mass is 32.2. The molecule has 3 atom stereocenters. The summed E-state index contributed by atoms with van der Waals surface area (Å²) < 4.78 is 31.9. The van der Waals surface area contributed by atoms with Crippen LogP contribution in [0.25, 0.3) is 10.8 Å². The van der Waals surface area contributed by atoms with Gasteiger partial charge >= 0.3 is 0 Å². The van der Waals surface area contributed by atoms with Crippen molar-refractivity contribution in [1.29, 1.82) is 0 Å². The number of fused-ring (bicyclic) bond motifs is 2. The number of nitrogens with zero attached hydrogens (tertiary/aromatic N) is 1. The minimum absolute atomic E-state index is 0.0764. The van der Waals surface area contributed by atoms with Crippen LogP contribution in [0.2, 0.25) is 0 Å². The number of unbranched alkanes of at least 4 members (excludes halogenated alkanes) is 2. The van der Waals surface area contributed by atoms with Crippen LogP contribution < -0.4 is 0 Å². The first kappa shape index (κ1) is 28.3. The molecule has 3 aliphatic rings. The summed E-state index contributed by atoms with van der Waals surface area (Å²) in [6, 6.07) is 8.79. The average molecular weight is 572 g/mol. The monoisotopic (exact) mass is 571 g/mol. The van der Waals surface area contributed by atoms with E-state index < -0.39 is 38.5 Å². The minimum atomic E-state index is -4.43. The van der Waals surface area contributed by atoms with E-state index in [1.807, 2.05) is 26.0 Å². The number of hydrogen-bond donors (Lipinski definition) is 0. The number of imide groups is 1. The Balaban J connectivity index is 1.42. The summed E-state index contributed by atoms with van der Waals surface area (Å²) in [5.74, 6) is -2.10. The minimum Gasteiger partial charge on any atom is -0.299 e. The van der Waals surface area contributed by atoms with E-state index in [2.05, 4.69) is 13.8 Å². The maximum atomic E-state index is 13.5. The van der Waals surface area contributed by atoms with Crippen molar-refractivity contribution in [2.24, 2.45) is 16.7 Å². The second kappa shape index (κ2) is 10.3. The van der Waals surface area contributed by atoms with E-state index in [0.29, 0.717) is 28.5 Å². The summed E-state index contributed by atoms with van der Waals surface area (Å²) in [4.78, 5) is 40.9. The highest BCUT2D eigenvalue weighted by Crippen LogP contribution is 2.64. The number of amides is 2. The number of Topliss-reactive ketones (excluding diaryl/α,β-unsaturated/α-hetero) is 1. The molecular weight excluding hydrogens is 534 g/mol. The average Bonchev–Trinajstić information content (AvgIpc) is 3.23. The Morgan fingerprint density at radius 2 is 1.77 bits per heavy atom. The van der Waals surface area contributed by atoms with Crippen LogP contribution in [-0.4, -0.2) is 42.1 Å². The quantitative estimate of drug-likeness (QED) is 0.171. The number of rotatable bonds is 11. The Morgan fingerprint density at radius 3 is 2.38 bits per heavy atom. The van der Waals surface area contributed by atoms with Gasteiger partial charge in [-0.25, -0.2) is 0 Å². The second-order valence-corrected chi connectivity index (χ2v) is 14.7. The molecule has 2 fully saturated rings. The first-order valence-corrected chi connectivity index (χ1v) is 16.5. The summed E-state index contributed by atoms with van der Waals surface area (Å²) in [7, 11) is -4.43. The van der Waals surface area contributed by atoms with Crippen molar-refractivity contribution < 1.29 is 27.1 Å². The van der Waals surface area contributed by atoms with Gasteiger partial charge in [-0.1, -0.05) is 59.1 Å². The van der Waals surface area contributed by atoms with Gasteiger partial charge in [0.05, 0.1) is 22.3 Å². The smallest absolute Gasteiger partial charge is 0.289 e. The number of carbonyl (C=O) groups is 3. The Labute approximate surface area is 235 Å². The molecule has 0 aromatic heterocycles. The molecule has 1 aliphatic heterocycles. The molecule has 7 nitrogen and oxygen atoms in total. The van der Waals surface area contributed by atoms with Gasteiger partial charge in [0.15, 0.2) is 0 Å². The number of carbonyl (C=O) groups excluding carboxylic acids is 3. The third kappa shape index (κ3) is 4.64. The Bertz CT molecular complexity index is 1430. The molecule has 1 heterocycles.